The molecule has 0 radical (unpaired) electrons. The fourth-order valence-corrected chi connectivity index (χ4v) is 2.46. The van der Waals surface area contributed by atoms with E-state index in [1.807, 2.05) is 0 Å². The van der Waals surface area contributed by atoms with Crippen molar-refractivity contribution in [3.63, 3.8) is 0 Å². The summed E-state index contributed by atoms with van der Waals surface area (Å²) in [6, 6.07) is 6.33. The first-order valence-electron chi connectivity index (χ1n) is 5.90. The molecular weight excluding hydrogens is 374 g/mol. The molecule has 2 aromatic rings. The number of nitrogens with one attached hydrogen (secondary N) is 1. The van der Waals surface area contributed by atoms with Crippen LogP contribution in [0.4, 0.5) is 10.1 Å². The highest BCUT2D eigenvalue weighted by molar-refractivity contribution is 14.1. The maximum absolute atomic E-state index is 13.0. The van der Waals surface area contributed by atoms with Crippen LogP contribution >= 0.6 is 22.6 Å². The van der Waals surface area contributed by atoms with Crippen LogP contribution in [0.2, 0.25) is 0 Å². The van der Waals surface area contributed by atoms with Crippen LogP contribution in [0.1, 0.15) is 5.69 Å². The van der Waals surface area contributed by atoms with Gasteiger partial charge in [-0.3, -0.25) is 4.98 Å². The lowest BCUT2D eigenvalue weighted by Gasteiger charge is -2.13. The van der Waals surface area contributed by atoms with Gasteiger partial charge in [0.2, 0.25) is 0 Å². The zero-order chi connectivity index (χ0) is 14.5. The van der Waals surface area contributed by atoms with Gasteiger partial charge in [0.25, 0.3) is 0 Å². The number of hydrogen-bond acceptors (Lipinski definition) is 4. The number of ether oxygens (including phenoxy) is 2. The Morgan fingerprint density at radius 3 is 2.70 bits per heavy atom. The van der Waals surface area contributed by atoms with Crippen LogP contribution in [-0.4, -0.2) is 19.2 Å². The molecule has 106 valence electrons. The van der Waals surface area contributed by atoms with Crippen LogP contribution in [0.15, 0.2) is 30.5 Å². The number of aromatic nitrogens is 1. The molecule has 0 fully saturated rings. The minimum atomic E-state index is -0.253. The molecule has 0 bridgehead atoms. The van der Waals surface area contributed by atoms with Crippen molar-refractivity contribution in [1.82, 2.24) is 4.98 Å². The molecule has 0 saturated carbocycles. The highest BCUT2D eigenvalue weighted by Gasteiger charge is 2.11. The molecule has 0 amide bonds. The summed E-state index contributed by atoms with van der Waals surface area (Å²) in [7, 11) is 3.16. The smallest absolute Gasteiger partial charge is 0.184 e. The summed E-state index contributed by atoms with van der Waals surface area (Å²) in [5, 5.41) is 3.21. The Kier molecular flexibility index (Phi) is 4.99. The summed E-state index contributed by atoms with van der Waals surface area (Å²) in [5.74, 6) is 0.977. The SMILES string of the molecule is COc1ccnc(CNc2ccc(F)cc2I)c1OC. The van der Waals surface area contributed by atoms with E-state index in [2.05, 4.69) is 32.9 Å². The van der Waals surface area contributed by atoms with Crippen LogP contribution in [0.3, 0.4) is 0 Å². The van der Waals surface area contributed by atoms with Gasteiger partial charge < -0.3 is 14.8 Å². The van der Waals surface area contributed by atoms with E-state index in [1.54, 1.807) is 32.5 Å². The van der Waals surface area contributed by atoms with E-state index in [4.69, 9.17) is 9.47 Å². The molecule has 1 aromatic carbocycles. The Labute approximate surface area is 130 Å². The summed E-state index contributed by atoms with van der Waals surface area (Å²) in [6.07, 6.45) is 1.66. The second-order valence-corrected chi connectivity index (χ2v) is 5.13. The van der Waals surface area contributed by atoms with E-state index in [0.29, 0.717) is 18.0 Å². The van der Waals surface area contributed by atoms with Crippen LogP contribution in [0.5, 0.6) is 11.5 Å². The number of rotatable bonds is 5. The number of halogens is 2. The number of benzene rings is 1. The first-order valence-corrected chi connectivity index (χ1v) is 6.98. The van der Waals surface area contributed by atoms with Crippen molar-refractivity contribution < 1.29 is 13.9 Å². The van der Waals surface area contributed by atoms with Crippen molar-refractivity contribution in [3.8, 4) is 11.5 Å². The molecule has 0 atom stereocenters. The second kappa shape index (κ2) is 6.74. The average molecular weight is 388 g/mol. The van der Waals surface area contributed by atoms with Gasteiger partial charge in [-0.2, -0.15) is 0 Å². The molecule has 1 heterocycles. The predicted molar refractivity (Wildman–Crippen MR) is 83.8 cm³/mol. The van der Waals surface area contributed by atoms with Crippen LogP contribution < -0.4 is 14.8 Å². The van der Waals surface area contributed by atoms with Crippen molar-refractivity contribution in [2.24, 2.45) is 0 Å². The minimum Gasteiger partial charge on any atom is -0.493 e. The van der Waals surface area contributed by atoms with E-state index in [1.165, 1.54) is 12.1 Å². The summed E-state index contributed by atoms with van der Waals surface area (Å²) in [6.45, 7) is 0.460. The molecule has 4 nitrogen and oxygen atoms in total. The second-order valence-electron chi connectivity index (χ2n) is 3.97. The fourth-order valence-electron chi connectivity index (χ4n) is 1.79. The molecule has 0 unspecified atom stereocenters. The predicted octanol–water partition coefficient (Wildman–Crippen LogP) is 3.45. The van der Waals surface area contributed by atoms with Gasteiger partial charge in [0.1, 0.15) is 11.5 Å². The summed E-state index contributed by atoms with van der Waals surface area (Å²) < 4.78 is 24.4. The zero-order valence-corrected chi connectivity index (χ0v) is 13.3. The molecule has 1 N–H and O–H groups in total. The number of pyridine rings is 1. The topological polar surface area (TPSA) is 43.4 Å². The maximum Gasteiger partial charge on any atom is 0.184 e. The molecule has 1 aromatic heterocycles. The average Bonchev–Trinajstić information content (AvgIpc) is 2.45. The Morgan fingerprint density at radius 1 is 1.25 bits per heavy atom. The number of nitrogens with zero attached hydrogens (tertiary/aromatic N) is 1. The summed E-state index contributed by atoms with van der Waals surface area (Å²) in [4.78, 5) is 4.28. The van der Waals surface area contributed by atoms with Crippen molar-refractivity contribution in [2.45, 2.75) is 6.54 Å². The monoisotopic (exact) mass is 388 g/mol. The Hall–Kier alpha value is -1.57. The molecule has 20 heavy (non-hydrogen) atoms. The molecule has 2 rings (SSSR count). The molecule has 0 spiro atoms. The van der Waals surface area contributed by atoms with Crippen LogP contribution in [0, 0.1) is 9.39 Å². The third kappa shape index (κ3) is 3.30. The normalized spacial score (nSPS) is 10.2. The van der Waals surface area contributed by atoms with Crippen LogP contribution in [0.25, 0.3) is 0 Å². The van der Waals surface area contributed by atoms with Crippen molar-refractivity contribution in [3.05, 3.63) is 45.5 Å². The molecule has 0 aliphatic carbocycles. The molecule has 0 aliphatic rings. The van der Waals surface area contributed by atoms with Gasteiger partial charge in [-0.1, -0.05) is 0 Å². The minimum absolute atomic E-state index is 0.253. The standard InChI is InChI=1S/C14H14FIN2O2/c1-19-13-5-6-17-12(14(13)20-2)8-18-11-4-3-9(15)7-10(11)16/h3-7,18H,8H2,1-2H3. The van der Waals surface area contributed by atoms with E-state index in [0.717, 1.165) is 15.0 Å². The van der Waals surface area contributed by atoms with Gasteiger partial charge >= 0.3 is 0 Å². The highest BCUT2D eigenvalue weighted by Crippen LogP contribution is 2.29. The van der Waals surface area contributed by atoms with Gasteiger partial charge in [0, 0.05) is 21.5 Å². The largest absolute Gasteiger partial charge is 0.493 e. The number of hydrogen-bond donors (Lipinski definition) is 1. The van der Waals surface area contributed by atoms with E-state index < -0.39 is 0 Å². The molecule has 0 aliphatic heterocycles. The summed E-state index contributed by atoms with van der Waals surface area (Å²) >= 11 is 2.08. The lowest BCUT2D eigenvalue weighted by molar-refractivity contribution is 0.350. The summed E-state index contributed by atoms with van der Waals surface area (Å²) in [5.41, 5.74) is 1.57. The number of methoxy groups -OCH3 is 2. The Bertz CT molecular complexity index is 608. The highest BCUT2D eigenvalue weighted by atomic mass is 127. The molecule has 0 saturated heterocycles. The lowest BCUT2D eigenvalue weighted by Crippen LogP contribution is -2.06. The van der Waals surface area contributed by atoms with Crippen molar-refractivity contribution in [2.75, 3.05) is 19.5 Å². The zero-order valence-electron chi connectivity index (χ0n) is 11.1. The lowest BCUT2D eigenvalue weighted by atomic mass is 10.2. The maximum atomic E-state index is 13.0. The van der Waals surface area contributed by atoms with Gasteiger partial charge in [-0.05, 0) is 40.8 Å². The quantitative estimate of drug-likeness (QED) is 0.797. The first-order chi connectivity index (χ1) is 9.65. The van der Waals surface area contributed by atoms with Crippen LogP contribution in [-0.2, 0) is 6.54 Å². The fraction of sp³-hybridized carbons (Fsp3) is 0.214. The van der Waals surface area contributed by atoms with E-state index in [9.17, 15) is 4.39 Å². The molecule has 6 heteroatoms. The van der Waals surface area contributed by atoms with Gasteiger partial charge in [0.15, 0.2) is 11.5 Å². The third-order valence-electron chi connectivity index (χ3n) is 2.74. The van der Waals surface area contributed by atoms with Crippen molar-refractivity contribution in [1.29, 1.82) is 0 Å². The third-order valence-corrected chi connectivity index (χ3v) is 3.64. The number of anilines is 1. The first kappa shape index (κ1) is 14.8. The van der Waals surface area contributed by atoms with E-state index >= 15 is 0 Å². The molecular formula is C14H14FIN2O2. The van der Waals surface area contributed by atoms with Gasteiger partial charge in [-0.15, -0.1) is 0 Å². The Morgan fingerprint density at radius 2 is 2.05 bits per heavy atom. The van der Waals surface area contributed by atoms with Gasteiger partial charge in [0.05, 0.1) is 20.8 Å². The van der Waals surface area contributed by atoms with Gasteiger partial charge in [-0.25, -0.2) is 4.39 Å². The Balaban J connectivity index is 2.18. The van der Waals surface area contributed by atoms with Crippen molar-refractivity contribution >= 4 is 28.3 Å². The van der Waals surface area contributed by atoms with E-state index in [-0.39, 0.29) is 5.82 Å².